The van der Waals surface area contributed by atoms with E-state index in [0.29, 0.717) is 5.02 Å². The molecule has 0 amide bonds. The lowest BCUT2D eigenvalue weighted by molar-refractivity contribution is 0.628. The van der Waals surface area contributed by atoms with Gasteiger partial charge in [-0.3, -0.25) is 0 Å². The minimum absolute atomic E-state index is 0.234. The molecular weight excluding hydrogens is 400 g/mol. The molecule has 0 aromatic heterocycles. The molecule has 144 valence electrons. The van der Waals surface area contributed by atoms with E-state index in [0.717, 1.165) is 11.0 Å². The van der Waals surface area contributed by atoms with Crippen LogP contribution in [0.2, 0.25) is 5.02 Å². The van der Waals surface area contributed by atoms with Gasteiger partial charge < -0.3 is 0 Å². The van der Waals surface area contributed by atoms with Crippen molar-refractivity contribution in [1.82, 2.24) is 0 Å². The fraction of sp³-hybridized carbons (Fsp3) is 0.0400. The second kappa shape index (κ2) is 8.37. The van der Waals surface area contributed by atoms with Crippen LogP contribution in [0.15, 0.2) is 109 Å². The molecule has 0 bridgehead atoms. The molecule has 0 aliphatic heterocycles. The Morgan fingerprint density at radius 3 is 1.55 bits per heavy atom. The maximum atomic E-state index is 13.8. The Hall–Kier alpha value is -2.67. The van der Waals surface area contributed by atoms with Crippen LogP contribution in [0.1, 0.15) is 0 Å². The largest absolute Gasteiger partial charge is 0.237 e. The summed E-state index contributed by atoms with van der Waals surface area (Å²) in [6.07, 6.45) is 0. The van der Waals surface area contributed by atoms with E-state index in [4.69, 9.17) is 11.6 Å². The van der Waals surface area contributed by atoms with Gasteiger partial charge in [-0.25, -0.2) is 9.06 Å². The Kier molecular flexibility index (Phi) is 5.67. The summed E-state index contributed by atoms with van der Waals surface area (Å²) in [6, 6.07) is 35.7. The number of nitrogens with zero attached hydrogens (tertiary/aromatic N) is 1. The number of hydrogen-bond donors (Lipinski definition) is 0. The highest BCUT2D eigenvalue weighted by molar-refractivity contribution is 7.96. The summed E-state index contributed by atoms with van der Waals surface area (Å²) in [6.45, 7) is 0. The van der Waals surface area contributed by atoms with Gasteiger partial charge in [0.05, 0.1) is 5.69 Å². The summed E-state index contributed by atoms with van der Waals surface area (Å²) >= 11 is 6.15. The molecule has 4 aromatic carbocycles. The van der Waals surface area contributed by atoms with Crippen LogP contribution in [0, 0.1) is 5.82 Å². The molecular formula is C25H21ClFNP+. The fourth-order valence-electron chi connectivity index (χ4n) is 3.74. The molecule has 4 aromatic rings. The number of benzene rings is 4. The molecule has 4 heteroatoms. The van der Waals surface area contributed by atoms with Gasteiger partial charge in [-0.15, -0.1) is 0 Å². The Labute approximate surface area is 176 Å². The standard InChI is InChI=1S/C25H21ClFNP/c1-28(22-16-12-20(26)13-17-22)29(23-8-4-2-5-9-23,24-10-6-3-7-11-24)25-18-14-21(27)15-19-25/h2-19H,1H3/q+1. The number of halogens is 2. The van der Waals surface area contributed by atoms with Crippen LogP contribution in [0.25, 0.3) is 0 Å². The third-order valence-electron chi connectivity index (χ3n) is 5.11. The highest BCUT2D eigenvalue weighted by Crippen LogP contribution is 2.59. The maximum absolute atomic E-state index is 13.8. The van der Waals surface area contributed by atoms with Gasteiger partial charge >= 0.3 is 0 Å². The SMILES string of the molecule is CN(c1ccc(Cl)cc1)[P+](c1ccccc1)(c1ccccc1)c1ccc(F)cc1. The molecule has 0 aliphatic rings. The van der Waals surface area contributed by atoms with Crippen LogP contribution in [0.3, 0.4) is 0 Å². The predicted octanol–water partition coefficient (Wildman–Crippen LogP) is 5.82. The average molecular weight is 421 g/mol. The fourth-order valence-corrected chi connectivity index (χ4v) is 8.07. The number of anilines is 1. The van der Waals surface area contributed by atoms with Gasteiger partial charge in [0.25, 0.3) is 0 Å². The second-order valence-corrected chi connectivity index (χ2v) is 10.6. The van der Waals surface area contributed by atoms with Gasteiger partial charge in [-0.2, -0.15) is 0 Å². The smallest absolute Gasteiger partial charge is 0.202 e. The first kappa shape index (κ1) is 19.6. The van der Waals surface area contributed by atoms with E-state index in [1.54, 1.807) is 12.1 Å². The van der Waals surface area contributed by atoms with Crippen LogP contribution < -0.4 is 20.6 Å². The van der Waals surface area contributed by atoms with Gasteiger partial charge in [0, 0.05) is 12.1 Å². The third kappa shape index (κ3) is 3.67. The molecule has 1 nitrogen and oxygen atoms in total. The van der Waals surface area contributed by atoms with Gasteiger partial charge in [0.2, 0.25) is 7.41 Å². The molecule has 0 unspecified atom stereocenters. The van der Waals surface area contributed by atoms with Gasteiger partial charge in [-0.05, 0) is 72.8 Å². The molecule has 0 saturated heterocycles. The zero-order chi connectivity index (χ0) is 20.3. The first-order chi connectivity index (χ1) is 14.1. The average Bonchev–Trinajstić information content (AvgIpc) is 2.77. The molecule has 0 saturated carbocycles. The summed E-state index contributed by atoms with van der Waals surface area (Å²) in [7, 11) is -0.166. The lowest BCUT2D eigenvalue weighted by Gasteiger charge is -2.35. The van der Waals surface area contributed by atoms with E-state index >= 15 is 0 Å². The molecule has 0 radical (unpaired) electrons. The first-order valence-electron chi connectivity index (χ1n) is 9.38. The lowest BCUT2D eigenvalue weighted by atomic mass is 10.3. The van der Waals surface area contributed by atoms with Crippen molar-refractivity contribution in [3.63, 3.8) is 0 Å². The monoisotopic (exact) mass is 420 g/mol. The van der Waals surface area contributed by atoms with Gasteiger partial charge in [0.1, 0.15) is 21.7 Å². The summed E-state index contributed by atoms with van der Waals surface area (Å²) in [5, 5.41) is 4.20. The van der Waals surface area contributed by atoms with Crippen molar-refractivity contribution < 1.29 is 4.39 Å². The summed E-state index contributed by atoms with van der Waals surface area (Å²) in [5.74, 6) is -0.234. The lowest BCUT2D eigenvalue weighted by Crippen LogP contribution is -2.41. The van der Waals surface area contributed by atoms with E-state index in [9.17, 15) is 4.39 Å². The second-order valence-electron chi connectivity index (χ2n) is 6.78. The van der Waals surface area contributed by atoms with E-state index < -0.39 is 7.41 Å². The molecule has 0 N–H and O–H groups in total. The van der Waals surface area contributed by atoms with E-state index in [2.05, 4.69) is 60.2 Å². The summed E-state index contributed by atoms with van der Waals surface area (Å²) in [5.41, 5.74) is 1.06. The summed E-state index contributed by atoms with van der Waals surface area (Å²) in [4.78, 5) is 0. The topological polar surface area (TPSA) is 3.24 Å². The molecule has 0 heterocycles. The van der Waals surface area contributed by atoms with E-state index in [1.165, 1.54) is 10.6 Å². The zero-order valence-electron chi connectivity index (χ0n) is 16.0. The minimum atomic E-state index is -2.28. The van der Waals surface area contributed by atoms with Crippen molar-refractivity contribution in [2.45, 2.75) is 0 Å². The highest BCUT2D eigenvalue weighted by atomic mass is 35.5. The van der Waals surface area contributed by atoms with Crippen LogP contribution in [-0.4, -0.2) is 7.05 Å². The van der Waals surface area contributed by atoms with Crippen molar-refractivity contribution in [2.75, 3.05) is 11.7 Å². The Morgan fingerprint density at radius 2 is 1.07 bits per heavy atom. The van der Waals surface area contributed by atoms with Crippen LogP contribution >= 0.6 is 19.0 Å². The van der Waals surface area contributed by atoms with Crippen LogP contribution in [0.4, 0.5) is 10.1 Å². The molecule has 0 fully saturated rings. The first-order valence-corrected chi connectivity index (χ1v) is 11.5. The van der Waals surface area contributed by atoms with Gasteiger partial charge in [0.15, 0.2) is 0 Å². The highest BCUT2D eigenvalue weighted by Gasteiger charge is 2.50. The quantitative estimate of drug-likeness (QED) is 0.367. The third-order valence-corrected chi connectivity index (χ3v) is 9.63. The van der Waals surface area contributed by atoms with Crippen LogP contribution in [0.5, 0.6) is 0 Å². The Bertz CT molecular complexity index is 1030. The van der Waals surface area contributed by atoms with Crippen molar-refractivity contribution in [3.8, 4) is 0 Å². The van der Waals surface area contributed by atoms with Crippen molar-refractivity contribution >= 4 is 40.6 Å². The molecule has 4 rings (SSSR count). The molecule has 0 aliphatic carbocycles. The predicted molar refractivity (Wildman–Crippen MR) is 125 cm³/mol. The molecule has 0 spiro atoms. The normalized spacial score (nSPS) is 11.3. The van der Waals surface area contributed by atoms with Crippen molar-refractivity contribution in [3.05, 3.63) is 120 Å². The van der Waals surface area contributed by atoms with E-state index in [-0.39, 0.29) is 5.82 Å². The number of hydrogen-bond acceptors (Lipinski definition) is 1. The van der Waals surface area contributed by atoms with E-state index in [1.807, 2.05) is 48.5 Å². The van der Waals surface area contributed by atoms with Crippen molar-refractivity contribution in [1.29, 1.82) is 0 Å². The molecule has 0 atom stereocenters. The van der Waals surface area contributed by atoms with Gasteiger partial charge in [-0.1, -0.05) is 48.0 Å². The molecule has 29 heavy (non-hydrogen) atoms. The Morgan fingerprint density at radius 1 is 0.621 bits per heavy atom. The zero-order valence-corrected chi connectivity index (χ0v) is 17.7. The minimum Gasteiger partial charge on any atom is -0.237 e. The van der Waals surface area contributed by atoms with Crippen molar-refractivity contribution in [2.24, 2.45) is 0 Å². The summed E-state index contributed by atoms with van der Waals surface area (Å²) < 4.78 is 16.2. The maximum Gasteiger partial charge on any atom is 0.202 e. The number of rotatable bonds is 5. The van der Waals surface area contributed by atoms with Crippen LogP contribution in [-0.2, 0) is 0 Å². The Balaban J connectivity index is 2.05.